The number of rotatable bonds is 3. The zero-order chi connectivity index (χ0) is 8.62. The summed E-state index contributed by atoms with van der Waals surface area (Å²) in [6.45, 7) is 12.4. The second kappa shape index (κ2) is 6.81. The molecule has 0 bridgehead atoms. The second-order valence-corrected chi connectivity index (χ2v) is 2.71. The van der Waals surface area contributed by atoms with Crippen LogP contribution in [0.3, 0.4) is 0 Å². The van der Waals surface area contributed by atoms with Crippen molar-refractivity contribution < 1.29 is 4.74 Å². The lowest BCUT2D eigenvalue weighted by Crippen LogP contribution is -2.21. The zero-order valence-electron chi connectivity index (χ0n) is 7.74. The van der Waals surface area contributed by atoms with Gasteiger partial charge in [0.25, 0.3) is 0 Å². The van der Waals surface area contributed by atoms with Crippen LogP contribution < -0.4 is 0 Å². The predicted molar refractivity (Wildman–Crippen MR) is 47.3 cm³/mol. The molecule has 10 heavy (non-hydrogen) atoms. The second-order valence-electron chi connectivity index (χ2n) is 2.71. The maximum Gasteiger partial charge on any atom is 0.0622 e. The van der Waals surface area contributed by atoms with Crippen LogP contribution >= 0.6 is 0 Å². The van der Waals surface area contributed by atoms with Gasteiger partial charge in [-0.15, -0.1) is 13.2 Å². The maximum atomic E-state index is 5.18. The molecule has 1 heteroatoms. The quantitative estimate of drug-likeness (QED) is 0.553. The maximum absolute atomic E-state index is 5.18. The van der Waals surface area contributed by atoms with Gasteiger partial charge in [0.2, 0.25) is 0 Å². The van der Waals surface area contributed by atoms with Gasteiger partial charge in [-0.1, -0.05) is 13.3 Å². The number of ether oxygens (including phenoxy) is 1. The molecule has 0 aromatic heterocycles. The van der Waals surface area contributed by atoms with Gasteiger partial charge in [-0.05, 0) is 20.3 Å². The molecule has 0 aromatic carbocycles. The molecule has 0 saturated carbocycles. The Morgan fingerprint density at radius 2 is 1.70 bits per heavy atom. The lowest BCUT2D eigenvalue weighted by Gasteiger charge is -2.21. The summed E-state index contributed by atoms with van der Waals surface area (Å²) in [6, 6.07) is 0. The van der Waals surface area contributed by atoms with Gasteiger partial charge in [0.15, 0.2) is 0 Å². The Kier molecular flexibility index (Phi) is 8.44. The third-order valence-corrected chi connectivity index (χ3v) is 1.40. The molecule has 0 atom stereocenters. The van der Waals surface area contributed by atoms with Crippen molar-refractivity contribution in [2.24, 2.45) is 0 Å². The molecule has 62 valence electrons. The van der Waals surface area contributed by atoms with Crippen molar-refractivity contribution in [3.63, 3.8) is 0 Å². The van der Waals surface area contributed by atoms with Crippen molar-refractivity contribution in [3.8, 4) is 0 Å². The van der Waals surface area contributed by atoms with Crippen molar-refractivity contribution >= 4 is 0 Å². The summed E-state index contributed by atoms with van der Waals surface area (Å²) in [7, 11) is 1.76. The van der Waals surface area contributed by atoms with E-state index in [1.54, 1.807) is 7.11 Å². The smallest absolute Gasteiger partial charge is 0.0622 e. The molecule has 0 N–H and O–H groups in total. The van der Waals surface area contributed by atoms with Gasteiger partial charge in [0, 0.05) is 7.11 Å². The monoisotopic (exact) mass is 144 g/mol. The molecule has 0 fully saturated rings. The summed E-state index contributed by atoms with van der Waals surface area (Å²) in [6.07, 6.45) is 2.34. The highest BCUT2D eigenvalue weighted by Crippen LogP contribution is 2.13. The van der Waals surface area contributed by atoms with E-state index in [0.29, 0.717) is 0 Å². The van der Waals surface area contributed by atoms with E-state index in [2.05, 4.69) is 33.9 Å². The summed E-state index contributed by atoms with van der Waals surface area (Å²) in [5.74, 6) is 0. The van der Waals surface area contributed by atoms with E-state index in [1.807, 2.05) is 0 Å². The lowest BCUT2D eigenvalue weighted by atomic mass is 10.0. The molecule has 0 amide bonds. The Hall–Kier alpha value is -0.300. The van der Waals surface area contributed by atoms with Crippen LogP contribution in [0.1, 0.15) is 33.6 Å². The molecule has 0 aliphatic heterocycles. The number of methoxy groups -OCH3 is 1. The molecule has 0 aromatic rings. The third-order valence-electron chi connectivity index (χ3n) is 1.40. The fourth-order valence-corrected chi connectivity index (χ4v) is 0.704. The average molecular weight is 144 g/mol. The van der Waals surface area contributed by atoms with E-state index in [0.717, 1.165) is 6.42 Å². The molecule has 0 aliphatic carbocycles. The van der Waals surface area contributed by atoms with Crippen LogP contribution in [0.5, 0.6) is 0 Å². The molecule has 0 rings (SSSR count). The molecule has 0 spiro atoms. The Morgan fingerprint density at radius 1 is 1.30 bits per heavy atom. The Bertz CT molecular complexity index is 67.1. The molecule has 0 unspecified atom stereocenters. The van der Waals surface area contributed by atoms with Crippen molar-refractivity contribution in [1.82, 2.24) is 0 Å². The fraction of sp³-hybridized carbons (Fsp3) is 0.778. The standard InChI is InChI=1S/C7H16O.C2H4/c1-5-6-7(2,3)8-4;1-2/h5-6H2,1-4H3;1-2H2. The van der Waals surface area contributed by atoms with E-state index in [4.69, 9.17) is 4.74 Å². The topological polar surface area (TPSA) is 9.23 Å². The van der Waals surface area contributed by atoms with Crippen LogP contribution in [0.25, 0.3) is 0 Å². The fourth-order valence-electron chi connectivity index (χ4n) is 0.704. The van der Waals surface area contributed by atoms with E-state index in [9.17, 15) is 0 Å². The molecular weight excluding hydrogens is 124 g/mol. The Labute approximate surface area is 65.1 Å². The molecule has 1 nitrogen and oxygen atoms in total. The molecule has 0 saturated heterocycles. The third kappa shape index (κ3) is 7.70. The predicted octanol–water partition coefficient (Wildman–Crippen LogP) is 3.01. The van der Waals surface area contributed by atoms with Crippen LogP contribution in [0.15, 0.2) is 13.2 Å². The highest BCUT2D eigenvalue weighted by molar-refractivity contribution is 4.65. The highest BCUT2D eigenvalue weighted by atomic mass is 16.5. The summed E-state index contributed by atoms with van der Waals surface area (Å²) in [5, 5.41) is 0. The lowest BCUT2D eigenvalue weighted by molar-refractivity contribution is 0.0149. The minimum Gasteiger partial charge on any atom is -0.379 e. The van der Waals surface area contributed by atoms with Crippen LogP contribution in [-0.4, -0.2) is 12.7 Å². The minimum absolute atomic E-state index is 0.0920. The largest absolute Gasteiger partial charge is 0.379 e. The van der Waals surface area contributed by atoms with Crippen LogP contribution in [0.4, 0.5) is 0 Å². The minimum atomic E-state index is 0.0920. The van der Waals surface area contributed by atoms with E-state index < -0.39 is 0 Å². The van der Waals surface area contributed by atoms with E-state index >= 15 is 0 Å². The van der Waals surface area contributed by atoms with Gasteiger partial charge in [0.1, 0.15) is 0 Å². The summed E-state index contributed by atoms with van der Waals surface area (Å²) >= 11 is 0. The average Bonchev–Trinajstić information content (AvgIpc) is 1.93. The molecule has 0 heterocycles. The van der Waals surface area contributed by atoms with E-state index in [1.165, 1.54) is 6.42 Å². The van der Waals surface area contributed by atoms with Gasteiger partial charge in [-0.25, -0.2) is 0 Å². The Morgan fingerprint density at radius 3 is 1.80 bits per heavy atom. The summed E-state index contributed by atoms with van der Waals surface area (Å²) in [5.41, 5.74) is 0.0920. The molecule has 0 aliphatic rings. The van der Waals surface area contributed by atoms with Gasteiger partial charge in [0.05, 0.1) is 5.60 Å². The summed E-state index contributed by atoms with van der Waals surface area (Å²) in [4.78, 5) is 0. The number of hydrogen-bond donors (Lipinski definition) is 0. The van der Waals surface area contributed by atoms with Crippen LogP contribution in [0, 0.1) is 0 Å². The first kappa shape index (κ1) is 12.4. The van der Waals surface area contributed by atoms with Gasteiger partial charge in [-0.2, -0.15) is 0 Å². The Balaban J connectivity index is 0. The number of hydrogen-bond acceptors (Lipinski definition) is 1. The first-order valence-electron chi connectivity index (χ1n) is 3.67. The highest BCUT2D eigenvalue weighted by Gasteiger charge is 2.13. The van der Waals surface area contributed by atoms with Crippen LogP contribution in [-0.2, 0) is 4.74 Å². The molecule has 0 radical (unpaired) electrons. The molecular formula is C9H20O. The van der Waals surface area contributed by atoms with Crippen molar-refractivity contribution in [2.75, 3.05) is 7.11 Å². The van der Waals surface area contributed by atoms with Gasteiger partial charge >= 0.3 is 0 Å². The summed E-state index contributed by atoms with van der Waals surface area (Å²) < 4.78 is 5.18. The van der Waals surface area contributed by atoms with Crippen LogP contribution in [0.2, 0.25) is 0 Å². The first-order chi connectivity index (χ1) is 4.62. The van der Waals surface area contributed by atoms with Crippen molar-refractivity contribution in [3.05, 3.63) is 13.2 Å². The van der Waals surface area contributed by atoms with Gasteiger partial charge < -0.3 is 4.74 Å². The van der Waals surface area contributed by atoms with Crippen molar-refractivity contribution in [2.45, 2.75) is 39.2 Å². The van der Waals surface area contributed by atoms with E-state index in [-0.39, 0.29) is 5.60 Å². The zero-order valence-corrected chi connectivity index (χ0v) is 7.74. The first-order valence-corrected chi connectivity index (χ1v) is 3.67. The van der Waals surface area contributed by atoms with Crippen molar-refractivity contribution in [1.29, 1.82) is 0 Å². The normalized spacial score (nSPS) is 10.0. The SMILES string of the molecule is C=C.CCCC(C)(C)OC. The van der Waals surface area contributed by atoms with Gasteiger partial charge in [-0.3, -0.25) is 0 Å².